The number of hydrogen-bond acceptors (Lipinski definition) is 5. The van der Waals surface area contributed by atoms with E-state index in [9.17, 15) is 9.18 Å². The lowest BCUT2D eigenvalue weighted by Gasteiger charge is -2.15. The number of carbonyl (C=O) groups excluding carboxylic acids is 1. The lowest BCUT2D eigenvalue weighted by molar-refractivity contribution is 0.102. The van der Waals surface area contributed by atoms with Gasteiger partial charge in [-0.25, -0.2) is 9.37 Å². The highest BCUT2D eigenvalue weighted by Crippen LogP contribution is 2.30. The number of hydrogen-bond donors (Lipinski definition) is 2. The smallest absolute Gasteiger partial charge is 0.256 e. The molecule has 32 heavy (non-hydrogen) atoms. The molecule has 7 nitrogen and oxygen atoms in total. The molecular formula is C24H22FN5O2. The molecule has 4 aromatic rings. The number of nitrogens with one attached hydrogen (secondary N) is 2. The summed E-state index contributed by atoms with van der Waals surface area (Å²) in [7, 11) is 3.24. The minimum Gasteiger partial charge on any atom is -0.497 e. The van der Waals surface area contributed by atoms with Gasteiger partial charge in [0.25, 0.3) is 5.91 Å². The van der Waals surface area contributed by atoms with E-state index in [-0.39, 0.29) is 11.3 Å². The second-order valence-electron chi connectivity index (χ2n) is 7.30. The molecule has 0 aliphatic carbocycles. The van der Waals surface area contributed by atoms with Gasteiger partial charge in [-0.05, 0) is 36.8 Å². The zero-order valence-electron chi connectivity index (χ0n) is 17.9. The molecule has 8 heteroatoms. The van der Waals surface area contributed by atoms with Crippen molar-refractivity contribution in [2.24, 2.45) is 7.05 Å². The van der Waals surface area contributed by atoms with E-state index in [1.165, 1.54) is 19.2 Å². The number of halogens is 1. The lowest BCUT2D eigenvalue weighted by atomic mass is 10.1. The van der Waals surface area contributed by atoms with Crippen LogP contribution in [0.2, 0.25) is 0 Å². The molecule has 2 N–H and O–H groups in total. The fourth-order valence-electron chi connectivity index (χ4n) is 3.23. The van der Waals surface area contributed by atoms with Crippen LogP contribution in [-0.2, 0) is 7.05 Å². The van der Waals surface area contributed by atoms with Crippen LogP contribution >= 0.6 is 0 Å². The molecule has 0 atom stereocenters. The number of amides is 1. The van der Waals surface area contributed by atoms with Crippen molar-refractivity contribution in [1.82, 2.24) is 14.8 Å². The predicted octanol–water partition coefficient (Wildman–Crippen LogP) is 4.93. The normalized spacial score (nSPS) is 10.6. The van der Waals surface area contributed by atoms with Crippen LogP contribution in [0.4, 0.5) is 21.6 Å². The SMILES string of the molecule is COc1cc(F)cc(C(=O)Nc2cc(-c3cnn(C)c3)cnc2Nc2ccccc2C)c1. The fraction of sp³-hybridized carbons (Fsp3) is 0.125. The van der Waals surface area contributed by atoms with Gasteiger partial charge in [0.05, 0.1) is 19.0 Å². The Bertz CT molecular complexity index is 1290. The second kappa shape index (κ2) is 8.89. The number of carbonyl (C=O) groups is 1. The molecule has 0 aliphatic rings. The molecule has 0 bridgehead atoms. The summed E-state index contributed by atoms with van der Waals surface area (Å²) in [4.78, 5) is 17.5. The van der Waals surface area contributed by atoms with Gasteiger partial charge in [0.1, 0.15) is 11.6 Å². The number of aryl methyl sites for hydroxylation is 2. The van der Waals surface area contributed by atoms with Gasteiger partial charge in [-0.15, -0.1) is 0 Å². The van der Waals surface area contributed by atoms with E-state index in [1.807, 2.05) is 44.4 Å². The van der Waals surface area contributed by atoms with E-state index in [2.05, 4.69) is 20.7 Å². The Morgan fingerprint density at radius 1 is 1.06 bits per heavy atom. The fourth-order valence-corrected chi connectivity index (χ4v) is 3.23. The zero-order chi connectivity index (χ0) is 22.7. The Morgan fingerprint density at radius 2 is 1.88 bits per heavy atom. The van der Waals surface area contributed by atoms with Crippen molar-refractivity contribution in [1.29, 1.82) is 0 Å². The van der Waals surface area contributed by atoms with E-state index in [4.69, 9.17) is 4.74 Å². The van der Waals surface area contributed by atoms with Crippen LogP contribution in [0.1, 0.15) is 15.9 Å². The van der Waals surface area contributed by atoms with E-state index in [1.54, 1.807) is 23.1 Å². The Kier molecular flexibility index (Phi) is 5.85. The highest BCUT2D eigenvalue weighted by Gasteiger charge is 2.15. The van der Waals surface area contributed by atoms with Crippen molar-refractivity contribution in [2.45, 2.75) is 6.92 Å². The van der Waals surface area contributed by atoms with Gasteiger partial charge in [0.15, 0.2) is 5.82 Å². The summed E-state index contributed by atoms with van der Waals surface area (Å²) in [5, 5.41) is 10.3. The van der Waals surface area contributed by atoms with Gasteiger partial charge in [0.2, 0.25) is 0 Å². The Hall–Kier alpha value is -4.20. The zero-order valence-corrected chi connectivity index (χ0v) is 17.9. The van der Waals surface area contributed by atoms with Crippen LogP contribution in [0, 0.1) is 12.7 Å². The number of pyridine rings is 1. The molecule has 162 valence electrons. The summed E-state index contributed by atoms with van der Waals surface area (Å²) in [5.41, 5.74) is 4.10. The molecule has 0 spiro atoms. The van der Waals surface area contributed by atoms with E-state index in [0.717, 1.165) is 28.4 Å². The van der Waals surface area contributed by atoms with Crippen LogP contribution in [0.3, 0.4) is 0 Å². The van der Waals surface area contributed by atoms with Gasteiger partial charge in [-0.2, -0.15) is 5.10 Å². The van der Waals surface area contributed by atoms with Crippen LogP contribution in [0.5, 0.6) is 5.75 Å². The number of nitrogens with zero attached hydrogens (tertiary/aromatic N) is 3. The number of para-hydroxylation sites is 1. The molecule has 0 radical (unpaired) electrons. The Morgan fingerprint density at radius 3 is 2.59 bits per heavy atom. The maximum Gasteiger partial charge on any atom is 0.256 e. The van der Waals surface area contributed by atoms with Gasteiger partial charge >= 0.3 is 0 Å². The van der Waals surface area contributed by atoms with Crippen LogP contribution < -0.4 is 15.4 Å². The summed E-state index contributed by atoms with van der Waals surface area (Å²) in [5.74, 6) is -0.324. The molecule has 0 fully saturated rings. The first-order chi connectivity index (χ1) is 15.4. The van der Waals surface area contributed by atoms with Crippen molar-refractivity contribution in [3.8, 4) is 16.9 Å². The van der Waals surface area contributed by atoms with E-state index < -0.39 is 11.7 Å². The first-order valence-electron chi connectivity index (χ1n) is 9.90. The third-order valence-corrected chi connectivity index (χ3v) is 4.94. The third kappa shape index (κ3) is 4.59. The summed E-state index contributed by atoms with van der Waals surface area (Å²) in [6.45, 7) is 1.98. The summed E-state index contributed by atoms with van der Waals surface area (Å²) >= 11 is 0. The summed E-state index contributed by atoms with van der Waals surface area (Å²) in [6, 6.07) is 13.4. The average molecular weight is 431 g/mol. The van der Waals surface area contributed by atoms with Gasteiger partial charge in [0, 0.05) is 47.9 Å². The average Bonchev–Trinajstić information content (AvgIpc) is 3.22. The van der Waals surface area contributed by atoms with Crippen LogP contribution in [-0.4, -0.2) is 27.8 Å². The highest BCUT2D eigenvalue weighted by molar-refractivity contribution is 6.06. The quantitative estimate of drug-likeness (QED) is 0.452. The highest BCUT2D eigenvalue weighted by atomic mass is 19.1. The lowest BCUT2D eigenvalue weighted by Crippen LogP contribution is -2.14. The molecule has 0 saturated carbocycles. The molecular weight excluding hydrogens is 409 g/mol. The number of benzene rings is 2. The Labute approximate surface area is 184 Å². The van der Waals surface area contributed by atoms with Gasteiger partial charge in [-0.1, -0.05) is 18.2 Å². The molecule has 0 saturated heterocycles. The van der Waals surface area contributed by atoms with Crippen LogP contribution in [0.15, 0.2) is 67.1 Å². The van der Waals surface area contributed by atoms with Crippen molar-refractivity contribution < 1.29 is 13.9 Å². The molecule has 2 heterocycles. The minimum absolute atomic E-state index is 0.135. The number of methoxy groups -OCH3 is 1. The second-order valence-corrected chi connectivity index (χ2v) is 7.30. The van der Waals surface area contributed by atoms with Gasteiger partial charge < -0.3 is 15.4 Å². The topological polar surface area (TPSA) is 81.1 Å². The van der Waals surface area contributed by atoms with E-state index in [0.29, 0.717) is 11.5 Å². The molecule has 1 amide bonds. The predicted molar refractivity (Wildman–Crippen MR) is 122 cm³/mol. The molecule has 2 aromatic carbocycles. The van der Waals surface area contributed by atoms with Crippen molar-refractivity contribution in [2.75, 3.05) is 17.7 Å². The first kappa shape index (κ1) is 21.0. The Balaban J connectivity index is 1.72. The maximum absolute atomic E-state index is 13.9. The number of aromatic nitrogens is 3. The molecule has 4 rings (SSSR count). The summed E-state index contributed by atoms with van der Waals surface area (Å²) in [6.07, 6.45) is 5.28. The van der Waals surface area contributed by atoms with Crippen LogP contribution in [0.25, 0.3) is 11.1 Å². The van der Waals surface area contributed by atoms with Gasteiger partial charge in [-0.3, -0.25) is 9.48 Å². The first-order valence-corrected chi connectivity index (χ1v) is 9.90. The summed E-state index contributed by atoms with van der Waals surface area (Å²) < 4.78 is 20.7. The molecule has 0 unspecified atom stereocenters. The van der Waals surface area contributed by atoms with Crippen molar-refractivity contribution in [3.05, 3.63) is 84.1 Å². The molecule has 2 aromatic heterocycles. The maximum atomic E-state index is 13.9. The number of rotatable bonds is 6. The minimum atomic E-state index is -0.560. The number of anilines is 3. The standard InChI is InChI=1S/C24H22FN5O2/c1-15-6-4-5-7-21(15)28-23-22(10-17(12-26-23)18-13-27-30(2)14-18)29-24(31)16-8-19(25)11-20(9-16)32-3/h4-14H,1-3H3,(H,26,28)(H,29,31). The number of ether oxygens (including phenoxy) is 1. The largest absolute Gasteiger partial charge is 0.497 e. The van der Waals surface area contributed by atoms with E-state index >= 15 is 0 Å². The monoisotopic (exact) mass is 431 g/mol. The molecule has 0 aliphatic heterocycles. The van der Waals surface area contributed by atoms with Crippen molar-refractivity contribution in [3.63, 3.8) is 0 Å². The third-order valence-electron chi connectivity index (χ3n) is 4.94. The van der Waals surface area contributed by atoms with Crippen molar-refractivity contribution >= 4 is 23.1 Å².